The van der Waals surface area contributed by atoms with E-state index in [1.165, 1.54) is 28.1 Å². The molecule has 0 bridgehead atoms. The quantitative estimate of drug-likeness (QED) is 0.115. The average molecular weight is 632 g/mol. The number of rotatable bonds is 7. The third kappa shape index (κ3) is 5.36. The van der Waals surface area contributed by atoms with Crippen LogP contribution in [0.25, 0.3) is 6.08 Å². The maximum absolute atomic E-state index is 12.2. The predicted octanol–water partition coefficient (Wildman–Crippen LogP) is 4.27. The van der Waals surface area contributed by atoms with Crippen molar-refractivity contribution >= 4 is 23.4 Å². The molecule has 1 saturated carbocycles. The van der Waals surface area contributed by atoms with Gasteiger partial charge in [0.05, 0.1) is 11.3 Å². The van der Waals surface area contributed by atoms with E-state index in [2.05, 4.69) is 66.8 Å². The normalized spacial score (nSPS) is 18.8. The Labute approximate surface area is 248 Å². The summed E-state index contributed by atoms with van der Waals surface area (Å²) in [6.07, 6.45) is 18.9. The Morgan fingerprint density at radius 2 is 2.00 bits per heavy atom. The molecule has 0 radical (unpaired) electrons. The summed E-state index contributed by atoms with van der Waals surface area (Å²) in [7, 11) is 0. The van der Waals surface area contributed by atoms with Gasteiger partial charge >= 0.3 is 5.97 Å². The summed E-state index contributed by atoms with van der Waals surface area (Å²) in [5.74, 6) is 4.95. The number of halogens is 1. The molecule has 2 aromatic carbocycles. The highest BCUT2D eigenvalue weighted by Crippen LogP contribution is 2.43. The number of unbranched alkanes of at least 4 members (excludes halogenated alkanes) is 1. The van der Waals surface area contributed by atoms with E-state index in [4.69, 9.17) is 15.9 Å². The Kier molecular flexibility index (Phi) is 7.87. The summed E-state index contributed by atoms with van der Waals surface area (Å²) < 4.78 is 14.5. The van der Waals surface area contributed by atoms with Gasteiger partial charge in [-0.15, -0.1) is 12.3 Å². The molecule has 39 heavy (non-hydrogen) atoms. The van der Waals surface area contributed by atoms with Crippen LogP contribution < -0.4 is 33.5 Å². The lowest BCUT2D eigenvalue weighted by molar-refractivity contribution is -0.438. The molecule has 4 aliphatic rings. The van der Waals surface area contributed by atoms with Crippen LogP contribution >= 0.6 is 0 Å². The monoisotopic (exact) mass is 631 g/mol. The maximum atomic E-state index is 12.2. The number of nitrogens with zero attached hydrogens (tertiary/aromatic N) is 1. The number of ether oxygens (including phenoxy) is 2. The minimum atomic E-state index is -0.138. The van der Waals surface area contributed by atoms with Gasteiger partial charge in [0.15, 0.2) is 5.71 Å². The van der Waals surface area contributed by atoms with Crippen LogP contribution in [0.15, 0.2) is 71.5 Å². The molecule has 0 saturated heterocycles. The van der Waals surface area contributed by atoms with Gasteiger partial charge in [-0.2, -0.15) is 4.58 Å². The third-order valence-electron chi connectivity index (χ3n) is 8.08. The first-order valence-corrected chi connectivity index (χ1v) is 13.8. The van der Waals surface area contributed by atoms with Crippen LogP contribution in [0.5, 0.6) is 11.5 Å². The van der Waals surface area contributed by atoms with Gasteiger partial charge in [-0.05, 0) is 81.4 Å². The van der Waals surface area contributed by atoms with E-state index in [1.807, 2.05) is 18.2 Å². The molecule has 0 N–H and O–H groups in total. The number of hydrogen-bond acceptors (Lipinski definition) is 3. The van der Waals surface area contributed by atoms with Crippen LogP contribution in [0.1, 0.15) is 69.9 Å². The molecule has 1 fully saturated rings. The number of hydrogen-bond donors (Lipinski definition) is 0. The third-order valence-corrected chi connectivity index (χ3v) is 8.08. The molecular formula is C34H34INO3. The SMILES string of the molecule is C#CCCC[N+]1=C(/C=C/C2=C3Oc4cc(OC(=O)C5CC5)ccc4C=C3CCC2)C(C)(C)c2ccccc21.[I-]. The standard InChI is InChI=1S/C34H34NO3.HI/c1-4-5-8-20-35-29-13-7-6-12-28(29)34(2,3)31(35)19-17-23-10-9-11-26-21-25-16-18-27(22-30(25)38-32(23)26)37-33(36)24-14-15-24;/h1,6-7,12-13,16-19,21-22,24H,5,8-11,14-15,20H2,2-3H3;1H/q+1;/p-1/b19-17+;. The first-order chi connectivity index (χ1) is 18.5. The molecule has 5 heteroatoms. The van der Waals surface area contributed by atoms with Crippen molar-refractivity contribution in [1.82, 2.24) is 0 Å². The molecule has 4 nitrogen and oxygen atoms in total. The summed E-state index contributed by atoms with van der Waals surface area (Å²) >= 11 is 0. The van der Waals surface area contributed by atoms with Gasteiger partial charge in [0, 0.05) is 42.2 Å². The Morgan fingerprint density at radius 3 is 2.79 bits per heavy atom. The lowest BCUT2D eigenvalue weighted by atomic mass is 9.81. The van der Waals surface area contributed by atoms with Crippen LogP contribution in [0.2, 0.25) is 0 Å². The van der Waals surface area contributed by atoms with Gasteiger partial charge in [-0.25, -0.2) is 0 Å². The second-order valence-electron chi connectivity index (χ2n) is 11.2. The second-order valence-corrected chi connectivity index (χ2v) is 11.2. The Hall–Kier alpha value is -3.11. The molecule has 0 aromatic heterocycles. The molecule has 0 amide bonds. The molecule has 2 heterocycles. The number of carbonyl (C=O) groups excluding carboxylic acids is 1. The van der Waals surface area contributed by atoms with E-state index in [0.717, 1.165) is 68.6 Å². The van der Waals surface area contributed by atoms with E-state index in [9.17, 15) is 4.79 Å². The fourth-order valence-corrected chi connectivity index (χ4v) is 5.83. The van der Waals surface area contributed by atoms with Gasteiger partial charge in [0.1, 0.15) is 23.8 Å². The zero-order chi connectivity index (χ0) is 26.3. The molecule has 2 aliphatic heterocycles. The van der Waals surface area contributed by atoms with Crippen LogP contribution in [0.4, 0.5) is 5.69 Å². The molecule has 6 rings (SSSR count). The number of esters is 1. The summed E-state index contributed by atoms with van der Waals surface area (Å²) in [5.41, 5.74) is 7.26. The molecule has 200 valence electrons. The number of allylic oxidation sites excluding steroid dienone is 4. The van der Waals surface area contributed by atoms with Crippen molar-refractivity contribution in [3.05, 3.63) is 82.6 Å². The lowest BCUT2D eigenvalue weighted by Gasteiger charge is -2.26. The zero-order valence-corrected chi connectivity index (χ0v) is 24.8. The fourth-order valence-electron chi connectivity index (χ4n) is 5.83. The van der Waals surface area contributed by atoms with Crippen LogP contribution in [0.3, 0.4) is 0 Å². The van der Waals surface area contributed by atoms with Gasteiger partial charge in [-0.1, -0.05) is 18.2 Å². The van der Waals surface area contributed by atoms with Crippen molar-refractivity contribution < 1.29 is 42.8 Å². The molecule has 0 atom stereocenters. The Morgan fingerprint density at radius 1 is 1.18 bits per heavy atom. The van der Waals surface area contributed by atoms with E-state index < -0.39 is 0 Å². The fraction of sp³-hybridized carbons (Fsp3) is 0.353. The van der Waals surface area contributed by atoms with Gasteiger partial charge in [-0.3, -0.25) is 4.79 Å². The number of terminal acetylenes is 1. The number of carbonyl (C=O) groups is 1. The summed E-state index contributed by atoms with van der Waals surface area (Å²) in [5, 5.41) is 0. The number of benzene rings is 2. The van der Waals surface area contributed by atoms with Crippen molar-refractivity contribution in [2.45, 2.75) is 64.2 Å². The molecule has 0 spiro atoms. The van der Waals surface area contributed by atoms with Crippen LogP contribution in [0, 0.1) is 18.3 Å². The van der Waals surface area contributed by atoms with Crippen molar-refractivity contribution in [2.75, 3.05) is 6.54 Å². The van der Waals surface area contributed by atoms with E-state index in [-0.39, 0.29) is 41.3 Å². The largest absolute Gasteiger partial charge is 1.00 e. The van der Waals surface area contributed by atoms with Crippen LogP contribution in [-0.4, -0.2) is 22.8 Å². The summed E-state index contributed by atoms with van der Waals surface area (Å²) in [6.45, 7) is 5.50. The van der Waals surface area contributed by atoms with Crippen molar-refractivity contribution in [2.24, 2.45) is 5.92 Å². The lowest BCUT2D eigenvalue weighted by Crippen LogP contribution is -3.00. The minimum absolute atomic E-state index is 0. The summed E-state index contributed by atoms with van der Waals surface area (Å²) in [4.78, 5) is 12.2. The molecular weight excluding hydrogens is 597 g/mol. The molecule has 0 unspecified atom stereocenters. The predicted molar refractivity (Wildman–Crippen MR) is 151 cm³/mol. The highest BCUT2D eigenvalue weighted by atomic mass is 127. The average Bonchev–Trinajstić information content (AvgIpc) is 3.74. The van der Waals surface area contributed by atoms with Crippen molar-refractivity contribution in [3.63, 3.8) is 0 Å². The van der Waals surface area contributed by atoms with E-state index >= 15 is 0 Å². The van der Waals surface area contributed by atoms with Crippen LogP contribution in [-0.2, 0) is 10.2 Å². The minimum Gasteiger partial charge on any atom is -1.00 e. The smallest absolute Gasteiger partial charge is 0.314 e. The molecule has 2 aromatic rings. The molecule has 2 aliphatic carbocycles. The van der Waals surface area contributed by atoms with Crippen molar-refractivity contribution in [1.29, 1.82) is 0 Å². The van der Waals surface area contributed by atoms with Gasteiger partial charge < -0.3 is 33.5 Å². The van der Waals surface area contributed by atoms with E-state index in [0.29, 0.717) is 5.75 Å². The second kappa shape index (κ2) is 11.2. The highest BCUT2D eigenvalue weighted by Gasteiger charge is 2.44. The first-order valence-electron chi connectivity index (χ1n) is 13.8. The Balaban J connectivity index is 0.00000308. The van der Waals surface area contributed by atoms with Gasteiger partial charge in [0.2, 0.25) is 5.69 Å². The van der Waals surface area contributed by atoms with E-state index in [1.54, 1.807) is 0 Å². The summed E-state index contributed by atoms with van der Waals surface area (Å²) in [6, 6.07) is 14.4. The zero-order valence-electron chi connectivity index (χ0n) is 22.6. The first kappa shape index (κ1) is 27.5. The van der Waals surface area contributed by atoms with Gasteiger partial charge in [0.25, 0.3) is 0 Å². The Bertz CT molecular complexity index is 1480. The van der Waals surface area contributed by atoms with Crippen molar-refractivity contribution in [3.8, 4) is 23.8 Å². The maximum Gasteiger partial charge on any atom is 0.314 e. The number of fused-ring (bicyclic) bond motifs is 3. The topological polar surface area (TPSA) is 38.5 Å². The highest BCUT2D eigenvalue weighted by molar-refractivity contribution is 6.03. The number of para-hydroxylation sites is 1.